The van der Waals surface area contributed by atoms with Crippen LogP contribution in [0.4, 0.5) is 0 Å². The quantitative estimate of drug-likeness (QED) is 0.621. The molecule has 5 nitrogen and oxygen atoms in total. The van der Waals surface area contributed by atoms with Gasteiger partial charge < -0.3 is 0 Å². The van der Waals surface area contributed by atoms with Crippen molar-refractivity contribution in [1.29, 1.82) is 0 Å². The van der Waals surface area contributed by atoms with Crippen molar-refractivity contribution >= 4 is 32.0 Å². The Balaban J connectivity index is 2.24. The first-order chi connectivity index (χ1) is 9.04. The van der Waals surface area contributed by atoms with Gasteiger partial charge in [0.25, 0.3) is 0 Å². The zero-order chi connectivity index (χ0) is 13.9. The summed E-state index contributed by atoms with van der Waals surface area (Å²) in [7, 11) is -3.51. The largest absolute Gasteiger partial charge is 0.243 e. The predicted molar refractivity (Wildman–Crippen MR) is 74.0 cm³/mol. The van der Waals surface area contributed by atoms with E-state index in [0.717, 1.165) is 10.9 Å². The second-order valence-corrected chi connectivity index (χ2v) is 7.19. The Bertz CT molecular complexity index is 594. The average molecular weight is 345 g/mol. The number of benzene rings is 1. The highest BCUT2D eigenvalue weighted by Crippen LogP contribution is 2.23. The monoisotopic (exact) mass is 344 g/mol. The number of hydrogen-bond donors (Lipinski definition) is 0. The number of piperidine rings is 1. The van der Waals surface area contributed by atoms with Crippen molar-refractivity contribution < 1.29 is 13.2 Å². The number of rotatable bonds is 3. The summed E-state index contributed by atoms with van der Waals surface area (Å²) in [6.07, 6.45) is 2.93. The Morgan fingerprint density at radius 3 is 2.63 bits per heavy atom. The molecule has 0 bridgehead atoms. The molecule has 2 rings (SSSR count). The molecule has 19 heavy (non-hydrogen) atoms. The number of isocyanates is 1. The van der Waals surface area contributed by atoms with Crippen molar-refractivity contribution in [3.63, 3.8) is 0 Å². The molecule has 0 aliphatic carbocycles. The van der Waals surface area contributed by atoms with E-state index in [1.165, 1.54) is 10.4 Å². The van der Waals surface area contributed by atoms with E-state index in [2.05, 4.69) is 20.9 Å². The topological polar surface area (TPSA) is 66.8 Å². The molecular weight excluding hydrogens is 332 g/mol. The van der Waals surface area contributed by atoms with Gasteiger partial charge in [-0.3, -0.25) is 0 Å². The molecule has 1 saturated heterocycles. The van der Waals surface area contributed by atoms with E-state index >= 15 is 0 Å². The Labute approximate surface area is 120 Å². The van der Waals surface area contributed by atoms with Gasteiger partial charge in [0.1, 0.15) is 0 Å². The minimum atomic E-state index is -3.51. The molecule has 1 aliphatic heterocycles. The van der Waals surface area contributed by atoms with Crippen LogP contribution >= 0.6 is 15.9 Å². The lowest BCUT2D eigenvalue weighted by Gasteiger charge is -2.29. The molecule has 102 valence electrons. The zero-order valence-electron chi connectivity index (χ0n) is 10.1. The molecule has 1 aromatic carbocycles. The lowest BCUT2D eigenvalue weighted by Crippen LogP contribution is -2.41. The fourth-order valence-corrected chi connectivity index (χ4v) is 3.86. The Kier molecular flexibility index (Phi) is 4.52. The first-order valence-corrected chi connectivity index (χ1v) is 8.10. The van der Waals surface area contributed by atoms with Gasteiger partial charge in [-0.25, -0.2) is 18.2 Å². The van der Waals surface area contributed by atoms with Crippen molar-refractivity contribution in [3.8, 4) is 0 Å². The number of hydrogen-bond acceptors (Lipinski definition) is 4. The molecule has 0 amide bonds. The van der Waals surface area contributed by atoms with E-state index in [-0.39, 0.29) is 17.5 Å². The highest BCUT2D eigenvalue weighted by molar-refractivity contribution is 9.10. The van der Waals surface area contributed by atoms with Crippen LogP contribution in [0.25, 0.3) is 0 Å². The molecule has 1 aromatic rings. The van der Waals surface area contributed by atoms with Crippen molar-refractivity contribution in [2.75, 3.05) is 13.1 Å². The van der Waals surface area contributed by atoms with Gasteiger partial charge in [0, 0.05) is 17.6 Å². The summed E-state index contributed by atoms with van der Waals surface area (Å²) in [6.45, 7) is 0.705. The van der Waals surface area contributed by atoms with Crippen LogP contribution in [0.5, 0.6) is 0 Å². The number of sulfonamides is 1. The number of aliphatic imine (C=N–C) groups is 1. The molecule has 1 unspecified atom stereocenters. The fraction of sp³-hybridized carbons (Fsp3) is 0.417. The van der Waals surface area contributed by atoms with Crippen LogP contribution in [0.3, 0.4) is 0 Å². The fourth-order valence-electron chi connectivity index (χ4n) is 2.07. The molecule has 1 atom stereocenters. The van der Waals surface area contributed by atoms with E-state index in [1.807, 2.05) is 0 Å². The second kappa shape index (κ2) is 5.96. The predicted octanol–water partition coefficient (Wildman–Crippen LogP) is 1.94. The first kappa shape index (κ1) is 14.4. The van der Waals surface area contributed by atoms with Gasteiger partial charge in [0.15, 0.2) is 0 Å². The van der Waals surface area contributed by atoms with E-state index in [9.17, 15) is 13.2 Å². The lowest BCUT2D eigenvalue weighted by molar-refractivity contribution is 0.316. The summed E-state index contributed by atoms with van der Waals surface area (Å²) in [4.78, 5) is 14.2. The molecule has 0 saturated carbocycles. The first-order valence-electron chi connectivity index (χ1n) is 5.87. The maximum atomic E-state index is 12.4. The van der Waals surface area contributed by atoms with Crippen LogP contribution < -0.4 is 0 Å². The second-order valence-electron chi connectivity index (χ2n) is 4.33. The third-order valence-corrected chi connectivity index (χ3v) is 5.45. The number of nitrogens with zero attached hydrogens (tertiary/aromatic N) is 2. The molecule has 7 heteroatoms. The summed E-state index contributed by atoms with van der Waals surface area (Å²) < 4.78 is 27.0. The Morgan fingerprint density at radius 1 is 1.32 bits per heavy atom. The minimum Gasteiger partial charge on any atom is -0.211 e. The summed E-state index contributed by atoms with van der Waals surface area (Å²) in [5.74, 6) is 0. The van der Waals surface area contributed by atoms with Gasteiger partial charge in [-0.2, -0.15) is 4.31 Å². The van der Waals surface area contributed by atoms with Crippen LogP contribution in [-0.2, 0) is 14.8 Å². The maximum absolute atomic E-state index is 12.4. The highest BCUT2D eigenvalue weighted by Gasteiger charge is 2.30. The molecule has 0 aromatic heterocycles. The number of halogens is 1. The van der Waals surface area contributed by atoms with Crippen LogP contribution in [0, 0.1) is 0 Å². The normalized spacial score (nSPS) is 20.8. The number of carbonyl (C=O) groups excluding carboxylic acids is 1. The Morgan fingerprint density at radius 2 is 2.00 bits per heavy atom. The van der Waals surface area contributed by atoms with Gasteiger partial charge in [-0.1, -0.05) is 15.9 Å². The van der Waals surface area contributed by atoms with Crippen LogP contribution in [0.1, 0.15) is 12.8 Å². The lowest BCUT2D eigenvalue weighted by atomic mass is 10.1. The summed E-state index contributed by atoms with van der Waals surface area (Å²) in [5, 5.41) is 0. The van der Waals surface area contributed by atoms with Gasteiger partial charge in [-0.15, -0.1) is 0 Å². The molecule has 0 radical (unpaired) electrons. The molecule has 1 heterocycles. The van der Waals surface area contributed by atoms with Gasteiger partial charge in [0.2, 0.25) is 16.1 Å². The van der Waals surface area contributed by atoms with Gasteiger partial charge >= 0.3 is 0 Å². The van der Waals surface area contributed by atoms with Crippen molar-refractivity contribution in [3.05, 3.63) is 28.7 Å². The highest BCUT2D eigenvalue weighted by atomic mass is 79.9. The van der Waals surface area contributed by atoms with E-state index < -0.39 is 10.0 Å². The minimum absolute atomic E-state index is 0.244. The standard InChI is InChI=1S/C12H13BrN2O3S/c13-10-3-5-12(6-4-10)19(17,18)15-7-1-2-11(8-15)14-9-16/h3-6,11H,1-2,7-8H2. The molecule has 0 N–H and O–H groups in total. The van der Waals surface area contributed by atoms with E-state index in [0.29, 0.717) is 13.0 Å². The average Bonchev–Trinajstić information content (AvgIpc) is 2.40. The van der Waals surface area contributed by atoms with Crippen molar-refractivity contribution in [2.24, 2.45) is 4.99 Å². The zero-order valence-corrected chi connectivity index (χ0v) is 12.5. The van der Waals surface area contributed by atoms with Crippen LogP contribution in [-0.4, -0.2) is 37.9 Å². The molecule has 1 fully saturated rings. The van der Waals surface area contributed by atoms with Crippen LogP contribution in [0.2, 0.25) is 0 Å². The van der Waals surface area contributed by atoms with E-state index in [4.69, 9.17) is 0 Å². The van der Waals surface area contributed by atoms with E-state index in [1.54, 1.807) is 24.3 Å². The molecular formula is C12H13BrN2O3S. The third-order valence-electron chi connectivity index (χ3n) is 3.05. The molecule has 1 aliphatic rings. The summed E-state index contributed by atoms with van der Waals surface area (Å²) in [6, 6.07) is 6.23. The maximum Gasteiger partial charge on any atom is 0.243 e. The van der Waals surface area contributed by atoms with Crippen molar-refractivity contribution in [2.45, 2.75) is 23.8 Å². The third kappa shape index (κ3) is 3.30. The SMILES string of the molecule is O=C=NC1CCCN(S(=O)(=O)c2ccc(Br)cc2)C1. The van der Waals surface area contributed by atoms with Crippen molar-refractivity contribution in [1.82, 2.24) is 4.31 Å². The van der Waals surface area contributed by atoms with Crippen LogP contribution in [0.15, 0.2) is 38.6 Å². The summed E-state index contributed by atoms with van der Waals surface area (Å²) in [5.41, 5.74) is 0. The van der Waals surface area contributed by atoms with Gasteiger partial charge in [-0.05, 0) is 37.1 Å². The van der Waals surface area contributed by atoms with Gasteiger partial charge in [0.05, 0.1) is 10.9 Å². The molecule has 0 spiro atoms. The Hall–Kier alpha value is -1.01. The summed E-state index contributed by atoms with van der Waals surface area (Å²) >= 11 is 3.27. The smallest absolute Gasteiger partial charge is 0.211 e.